The first kappa shape index (κ1) is 17.1. The van der Waals surface area contributed by atoms with E-state index in [0.29, 0.717) is 16.8 Å². The fourth-order valence-electron chi connectivity index (χ4n) is 2.60. The second kappa shape index (κ2) is 6.86. The molecule has 3 heteroatoms. The maximum Gasteiger partial charge on any atom is 0.195 e. The predicted octanol–water partition coefficient (Wildman–Crippen LogP) is 4.72. The van der Waals surface area contributed by atoms with Gasteiger partial charge in [0.05, 0.1) is 6.10 Å². The number of hydrogen-bond donors (Lipinski definition) is 1. The first-order valence-electron chi connectivity index (χ1n) is 8.01. The van der Waals surface area contributed by atoms with Crippen LogP contribution in [-0.2, 0) is 0 Å². The Morgan fingerprint density at radius 1 is 1.04 bits per heavy atom. The first-order valence-corrected chi connectivity index (χ1v) is 8.01. The van der Waals surface area contributed by atoms with Gasteiger partial charge in [-0.3, -0.25) is 4.79 Å². The minimum absolute atomic E-state index is 0.0430. The van der Waals surface area contributed by atoms with E-state index in [1.165, 1.54) is 0 Å². The Kier molecular flexibility index (Phi) is 5.09. The number of nitrogen functional groups attached to an aromatic ring is 1. The first-order chi connectivity index (χ1) is 10.8. The fourth-order valence-corrected chi connectivity index (χ4v) is 2.60. The van der Waals surface area contributed by atoms with Crippen LogP contribution in [-0.4, -0.2) is 11.9 Å². The molecule has 0 heterocycles. The van der Waals surface area contributed by atoms with Gasteiger partial charge >= 0.3 is 0 Å². The lowest BCUT2D eigenvalue weighted by atomic mass is 9.92. The molecule has 0 unspecified atom stereocenters. The van der Waals surface area contributed by atoms with Crippen LogP contribution in [0.1, 0.15) is 60.7 Å². The molecule has 0 aliphatic heterocycles. The second-order valence-electron chi connectivity index (χ2n) is 6.44. The number of rotatable bonds is 5. The van der Waals surface area contributed by atoms with Crippen LogP contribution in [0.15, 0.2) is 36.4 Å². The minimum atomic E-state index is -0.0430. The molecule has 122 valence electrons. The maximum absolute atomic E-state index is 12.9. The molecule has 0 amide bonds. The van der Waals surface area contributed by atoms with Crippen molar-refractivity contribution in [1.29, 1.82) is 0 Å². The van der Waals surface area contributed by atoms with E-state index < -0.39 is 0 Å². The Hall–Kier alpha value is -2.29. The van der Waals surface area contributed by atoms with Crippen molar-refractivity contribution in [1.82, 2.24) is 0 Å². The van der Waals surface area contributed by atoms with Gasteiger partial charge in [-0.1, -0.05) is 26.0 Å². The molecular weight excluding hydrogens is 286 g/mol. The predicted molar refractivity (Wildman–Crippen MR) is 95.3 cm³/mol. The summed E-state index contributed by atoms with van der Waals surface area (Å²) < 4.78 is 5.92. The minimum Gasteiger partial charge on any atom is -0.491 e. The van der Waals surface area contributed by atoms with Crippen molar-refractivity contribution in [2.75, 3.05) is 5.73 Å². The van der Waals surface area contributed by atoms with Crippen LogP contribution in [0.4, 0.5) is 5.69 Å². The molecular formula is C20H25NO2. The largest absolute Gasteiger partial charge is 0.491 e. The summed E-state index contributed by atoms with van der Waals surface area (Å²) in [6, 6.07) is 11.1. The number of para-hydroxylation sites is 1. The second-order valence-corrected chi connectivity index (χ2v) is 6.44. The fraction of sp³-hybridized carbons (Fsp3) is 0.350. The molecule has 0 radical (unpaired) electrons. The number of carbonyl (C=O) groups is 1. The molecule has 2 N–H and O–H groups in total. The van der Waals surface area contributed by atoms with Gasteiger partial charge in [0.25, 0.3) is 0 Å². The highest BCUT2D eigenvalue weighted by molar-refractivity contribution is 6.13. The third-order valence-corrected chi connectivity index (χ3v) is 3.79. The van der Waals surface area contributed by atoms with Crippen molar-refractivity contribution >= 4 is 11.5 Å². The molecule has 2 rings (SSSR count). The van der Waals surface area contributed by atoms with E-state index in [2.05, 4.69) is 13.8 Å². The standard InChI is InChI=1S/C20H25NO2/c1-12(2)16-11-17(14(5)10-19(16)23-13(3)4)20(22)15-8-6-7-9-18(15)21/h6-13H,21H2,1-5H3. The van der Waals surface area contributed by atoms with Crippen LogP contribution in [0.5, 0.6) is 5.75 Å². The van der Waals surface area contributed by atoms with Crippen LogP contribution in [0.3, 0.4) is 0 Å². The zero-order valence-corrected chi connectivity index (χ0v) is 14.5. The Labute approximate surface area is 138 Å². The number of ketones is 1. The van der Waals surface area contributed by atoms with Gasteiger partial charge in [-0.25, -0.2) is 0 Å². The summed E-state index contributed by atoms with van der Waals surface area (Å²) in [4.78, 5) is 12.9. The molecule has 3 nitrogen and oxygen atoms in total. The van der Waals surface area contributed by atoms with Gasteiger partial charge in [0, 0.05) is 16.8 Å². The van der Waals surface area contributed by atoms with E-state index in [-0.39, 0.29) is 17.8 Å². The molecule has 0 aromatic heterocycles. The molecule has 0 saturated carbocycles. The van der Waals surface area contributed by atoms with Crippen molar-refractivity contribution in [3.8, 4) is 5.75 Å². The van der Waals surface area contributed by atoms with E-state index in [4.69, 9.17) is 10.5 Å². The lowest BCUT2D eigenvalue weighted by Gasteiger charge is -2.19. The lowest BCUT2D eigenvalue weighted by Crippen LogP contribution is -2.12. The van der Waals surface area contributed by atoms with E-state index in [1.807, 2.05) is 45.0 Å². The number of aryl methyl sites for hydroxylation is 1. The van der Waals surface area contributed by atoms with Gasteiger partial charge in [0.2, 0.25) is 0 Å². The van der Waals surface area contributed by atoms with Crippen molar-refractivity contribution in [2.45, 2.75) is 46.6 Å². The molecule has 0 aliphatic carbocycles. The van der Waals surface area contributed by atoms with Crippen LogP contribution in [0.2, 0.25) is 0 Å². The van der Waals surface area contributed by atoms with Gasteiger partial charge in [0.1, 0.15) is 5.75 Å². The molecule has 2 aromatic rings. The molecule has 0 fully saturated rings. The Balaban J connectivity index is 2.53. The van der Waals surface area contributed by atoms with Gasteiger partial charge in [0.15, 0.2) is 5.78 Å². The Morgan fingerprint density at radius 2 is 1.70 bits per heavy atom. The molecule has 0 bridgehead atoms. The average molecular weight is 311 g/mol. The van der Waals surface area contributed by atoms with Crippen molar-refractivity contribution in [3.63, 3.8) is 0 Å². The highest BCUT2D eigenvalue weighted by Crippen LogP contribution is 2.32. The number of ether oxygens (including phenoxy) is 1. The topological polar surface area (TPSA) is 52.3 Å². The molecule has 0 spiro atoms. The number of anilines is 1. The van der Waals surface area contributed by atoms with Gasteiger partial charge < -0.3 is 10.5 Å². The zero-order valence-electron chi connectivity index (χ0n) is 14.5. The highest BCUT2D eigenvalue weighted by Gasteiger charge is 2.19. The summed E-state index contributed by atoms with van der Waals surface area (Å²) in [5.74, 6) is 1.08. The summed E-state index contributed by atoms with van der Waals surface area (Å²) in [7, 11) is 0. The van der Waals surface area contributed by atoms with E-state index in [0.717, 1.165) is 16.9 Å². The van der Waals surface area contributed by atoms with Gasteiger partial charge in [-0.05, 0) is 62.1 Å². The van der Waals surface area contributed by atoms with E-state index >= 15 is 0 Å². The third kappa shape index (κ3) is 3.73. The quantitative estimate of drug-likeness (QED) is 0.642. The number of hydrogen-bond acceptors (Lipinski definition) is 3. The molecule has 0 atom stereocenters. The molecule has 2 aromatic carbocycles. The summed E-state index contributed by atoms with van der Waals surface area (Å²) in [5.41, 5.74) is 9.63. The van der Waals surface area contributed by atoms with Crippen molar-refractivity contribution in [3.05, 3.63) is 58.7 Å². The summed E-state index contributed by atoms with van der Waals surface area (Å²) in [5, 5.41) is 0. The number of benzene rings is 2. The average Bonchev–Trinajstić information content (AvgIpc) is 2.46. The monoisotopic (exact) mass is 311 g/mol. The zero-order chi connectivity index (χ0) is 17.1. The highest BCUT2D eigenvalue weighted by atomic mass is 16.5. The van der Waals surface area contributed by atoms with Crippen molar-refractivity contribution in [2.24, 2.45) is 0 Å². The molecule has 0 saturated heterocycles. The molecule has 23 heavy (non-hydrogen) atoms. The van der Waals surface area contributed by atoms with Crippen LogP contribution >= 0.6 is 0 Å². The smallest absolute Gasteiger partial charge is 0.195 e. The van der Waals surface area contributed by atoms with Crippen LogP contribution in [0.25, 0.3) is 0 Å². The Morgan fingerprint density at radius 3 is 2.26 bits per heavy atom. The van der Waals surface area contributed by atoms with Gasteiger partial charge in [-0.15, -0.1) is 0 Å². The normalized spacial score (nSPS) is 11.1. The third-order valence-electron chi connectivity index (χ3n) is 3.79. The lowest BCUT2D eigenvalue weighted by molar-refractivity contribution is 0.103. The summed E-state index contributed by atoms with van der Waals surface area (Å²) >= 11 is 0. The maximum atomic E-state index is 12.9. The summed E-state index contributed by atoms with van der Waals surface area (Å²) in [6.45, 7) is 10.1. The number of nitrogens with two attached hydrogens (primary N) is 1. The van der Waals surface area contributed by atoms with Crippen LogP contribution in [0, 0.1) is 6.92 Å². The van der Waals surface area contributed by atoms with Gasteiger partial charge in [-0.2, -0.15) is 0 Å². The van der Waals surface area contributed by atoms with Crippen LogP contribution < -0.4 is 10.5 Å². The van der Waals surface area contributed by atoms with E-state index in [1.54, 1.807) is 12.1 Å². The number of carbonyl (C=O) groups excluding carboxylic acids is 1. The SMILES string of the molecule is Cc1cc(OC(C)C)c(C(C)C)cc1C(=O)c1ccccc1N. The van der Waals surface area contributed by atoms with E-state index in [9.17, 15) is 4.79 Å². The van der Waals surface area contributed by atoms with Crippen molar-refractivity contribution < 1.29 is 9.53 Å². The molecule has 0 aliphatic rings. The summed E-state index contributed by atoms with van der Waals surface area (Å²) in [6.07, 6.45) is 0.0956. The Bertz CT molecular complexity index is 718.